The number of rotatable bonds is 7. The summed E-state index contributed by atoms with van der Waals surface area (Å²) in [6.07, 6.45) is 5.72. The maximum atomic E-state index is 3.48. The highest BCUT2D eigenvalue weighted by molar-refractivity contribution is 4.82. The molecule has 0 aromatic rings. The van der Waals surface area contributed by atoms with Crippen molar-refractivity contribution in [2.24, 2.45) is 5.92 Å². The lowest BCUT2D eigenvalue weighted by Crippen LogP contribution is -2.47. The molecule has 0 aromatic heterocycles. The van der Waals surface area contributed by atoms with Gasteiger partial charge in [-0.15, -0.1) is 0 Å². The molecular weight excluding hydrogens is 196 g/mol. The van der Waals surface area contributed by atoms with Gasteiger partial charge in [-0.3, -0.25) is 4.90 Å². The molecule has 0 amide bonds. The van der Waals surface area contributed by atoms with Crippen LogP contribution < -0.4 is 5.32 Å². The second kappa shape index (κ2) is 7.29. The maximum absolute atomic E-state index is 3.48. The Morgan fingerprint density at radius 1 is 1.19 bits per heavy atom. The highest BCUT2D eigenvalue weighted by Crippen LogP contribution is 2.25. The first kappa shape index (κ1) is 14.0. The van der Waals surface area contributed by atoms with Crippen LogP contribution in [-0.4, -0.2) is 36.6 Å². The molecule has 1 rings (SSSR count). The summed E-state index contributed by atoms with van der Waals surface area (Å²) in [5.41, 5.74) is 0. The predicted molar refractivity (Wildman–Crippen MR) is 71.8 cm³/mol. The Kier molecular flexibility index (Phi) is 6.37. The molecular formula is C14H30N2. The van der Waals surface area contributed by atoms with E-state index in [0.29, 0.717) is 6.04 Å². The topological polar surface area (TPSA) is 15.3 Å². The smallest absolute Gasteiger partial charge is 0.0195 e. The minimum absolute atomic E-state index is 0.686. The van der Waals surface area contributed by atoms with E-state index in [2.05, 4.69) is 37.9 Å². The van der Waals surface area contributed by atoms with E-state index in [9.17, 15) is 0 Å². The molecule has 96 valence electrons. The summed E-state index contributed by atoms with van der Waals surface area (Å²) >= 11 is 0. The van der Waals surface area contributed by atoms with Crippen molar-refractivity contribution in [2.75, 3.05) is 19.6 Å². The van der Waals surface area contributed by atoms with E-state index >= 15 is 0 Å². The molecule has 1 aliphatic rings. The van der Waals surface area contributed by atoms with E-state index in [1.807, 2.05) is 0 Å². The molecule has 0 spiro atoms. The normalized spacial score (nSPS) is 19.9. The fourth-order valence-electron chi connectivity index (χ4n) is 2.82. The van der Waals surface area contributed by atoms with Crippen LogP contribution in [0.5, 0.6) is 0 Å². The minimum Gasteiger partial charge on any atom is -0.315 e. The van der Waals surface area contributed by atoms with Crippen molar-refractivity contribution < 1.29 is 0 Å². The van der Waals surface area contributed by atoms with Gasteiger partial charge < -0.3 is 5.32 Å². The van der Waals surface area contributed by atoms with E-state index in [4.69, 9.17) is 0 Å². The zero-order valence-electron chi connectivity index (χ0n) is 11.6. The van der Waals surface area contributed by atoms with Crippen molar-refractivity contribution in [1.82, 2.24) is 10.2 Å². The average molecular weight is 226 g/mol. The van der Waals surface area contributed by atoms with Gasteiger partial charge in [0.25, 0.3) is 0 Å². The molecule has 2 nitrogen and oxygen atoms in total. The molecule has 1 saturated carbocycles. The van der Waals surface area contributed by atoms with Crippen LogP contribution in [0.2, 0.25) is 0 Å². The van der Waals surface area contributed by atoms with E-state index in [0.717, 1.165) is 25.0 Å². The first-order valence-corrected chi connectivity index (χ1v) is 7.11. The van der Waals surface area contributed by atoms with Crippen LogP contribution >= 0.6 is 0 Å². The maximum Gasteiger partial charge on any atom is 0.0195 e. The summed E-state index contributed by atoms with van der Waals surface area (Å²) < 4.78 is 0. The van der Waals surface area contributed by atoms with Crippen LogP contribution in [0.3, 0.4) is 0 Å². The molecule has 0 saturated heterocycles. The van der Waals surface area contributed by atoms with E-state index in [1.54, 1.807) is 0 Å². The van der Waals surface area contributed by atoms with Crippen LogP contribution in [0, 0.1) is 5.92 Å². The van der Waals surface area contributed by atoms with E-state index in [1.165, 1.54) is 32.2 Å². The molecule has 1 atom stereocenters. The van der Waals surface area contributed by atoms with Gasteiger partial charge in [0.15, 0.2) is 0 Å². The molecule has 2 heteroatoms. The van der Waals surface area contributed by atoms with Crippen LogP contribution in [0.25, 0.3) is 0 Å². The zero-order valence-corrected chi connectivity index (χ0v) is 11.6. The summed E-state index contributed by atoms with van der Waals surface area (Å²) in [5, 5.41) is 3.48. The summed E-state index contributed by atoms with van der Waals surface area (Å²) in [5.74, 6) is 0.782. The van der Waals surface area contributed by atoms with Crippen molar-refractivity contribution in [3.05, 3.63) is 0 Å². The lowest BCUT2D eigenvalue weighted by Gasteiger charge is -2.36. The standard InChI is InChI=1S/C14H30N2/c1-5-15-10-13(4)16(11-12(2)3)14-8-6-7-9-14/h12-15H,5-11H2,1-4H3. The highest BCUT2D eigenvalue weighted by Gasteiger charge is 2.26. The minimum atomic E-state index is 0.686. The molecule has 0 aliphatic heterocycles. The van der Waals surface area contributed by atoms with Crippen LogP contribution in [0.1, 0.15) is 53.4 Å². The quantitative estimate of drug-likeness (QED) is 0.718. The Balaban J connectivity index is 2.47. The van der Waals surface area contributed by atoms with E-state index < -0.39 is 0 Å². The Morgan fingerprint density at radius 3 is 2.31 bits per heavy atom. The first-order chi connectivity index (χ1) is 7.65. The lowest BCUT2D eigenvalue weighted by atomic mass is 10.1. The monoisotopic (exact) mass is 226 g/mol. The number of nitrogens with one attached hydrogen (secondary N) is 1. The van der Waals surface area contributed by atoms with Crippen molar-refractivity contribution in [3.63, 3.8) is 0 Å². The van der Waals surface area contributed by atoms with E-state index in [-0.39, 0.29) is 0 Å². The van der Waals surface area contributed by atoms with Crippen LogP contribution in [0.4, 0.5) is 0 Å². The fourth-order valence-corrected chi connectivity index (χ4v) is 2.82. The summed E-state index contributed by atoms with van der Waals surface area (Å²) in [6, 6.07) is 1.54. The van der Waals surface area contributed by atoms with Crippen LogP contribution in [-0.2, 0) is 0 Å². The fraction of sp³-hybridized carbons (Fsp3) is 1.00. The molecule has 1 fully saturated rings. The summed E-state index contributed by atoms with van der Waals surface area (Å²) in [4.78, 5) is 2.75. The molecule has 16 heavy (non-hydrogen) atoms. The second-order valence-electron chi connectivity index (χ2n) is 5.69. The molecule has 1 aliphatic carbocycles. The Hall–Kier alpha value is -0.0800. The van der Waals surface area contributed by atoms with Gasteiger partial charge in [0.2, 0.25) is 0 Å². The zero-order chi connectivity index (χ0) is 12.0. The SMILES string of the molecule is CCNCC(C)N(CC(C)C)C1CCCC1. The third-order valence-corrected chi connectivity index (χ3v) is 3.63. The van der Waals surface area contributed by atoms with Gasteiger partial charge in [0.05, 0.1) is 0 Å². The number of hydrogen-bond donors (Lipinski definition) is 1. The Bertz CT molecular complexity index is 174. The molecule has 1 N–H and O–H groups in total. The van der Waals surface area contributed by atoms with Gasteiger partial charge >= 0.3 is 0 Å². The predicted octanol–water partition coefficient (Wildman–Crippen LogP) is 2.89. The van der Waals surface area contributed by atoms with Crippen molar-refractivity contribution >= 4 is 0 Å². The third kappa shape index (κ3) is 4.42. The Morgan fingerprint density at radius 2 is 1.81 bits per heavy atom. The van der Waals surface area contributed by atoms with Gasteiger partial charge in [-0.25, -0.2) is 0 Å². The third-order valence-electron chi connectivity index (χ3n) is 3.63. The number of hydrogen-bond acceptors (Lipinski definition) is 2. The molecule has 1 unspecified atom stereocenters. The lowest BCUT2D eigenvalue weighted by molar-refractivity contribution is 0.126. The van der Waals surface area contributed by atoms with Gasteiger partial charge in [0, 0.05) is 25.2 Å². The van der Waals surface area contributed by atoms with Crippen molar-refractivity contribution in [1.29, 1.82) is 0 Å². The molecule has 0 radical (unpaired) electrons. The van der Waals surface area contributed by atoms with Crippen LogP contribution in [0.15, 0.2) is 0 Å². The van der Waals surface area contributed by atoms with Crippen molar-refractivity contribution in [3.8, 4) is 0 Å². The van der Waals surface area contributed by atoms with Gasteiger partial charge in [-0.2, -0.15) is 0 Å². The average Bonchev–Trinajstić information content (AvgIpc) is 2.75. The Labute approximate surface area is 102 Å². The molecule has 0 aromatic carbocycles. The second-order valence-corrected chi connectivity index (χ2v) is 5.69. The largest absolute Gasteiger partial charge is 0.315 e. The molecule has 0 heterocycles. The van der Waals surface area contributed by atoms with Gasteiger partial charge in [-0.1, -0.05) is 33.6 Å². The van der Waals surface area contributed by atoms with Gasteiger partial charge in [-0.05, 0) is 32.2 Å². The molecule has 0 bridgehead atoms. The highest BCUT2D eigenvalue weighted by atomic mass is 15.2. The number of likely N-dealkylation sites (N-methyl/N-ethyl adjacent to an activating group) is 1. The summed E-state index contributed by atoms with van der Waals surface area (Å²) in [6.45, 7) is 12.7. The first-order valence-electron chi connectivity index (χ1n) is 7.11. The summed E-state index contributed by atoms with van der Waals surface area (Å²) in [7, 11) is 0. The van der Waals surface area contributed by atoms with Gasteiger partial charge in [0.1, 0.15) is 0 Å². The number of nitrogens with zero attached hydrogens (tertiary/aromatic N) is 1. The van der Waals surface area contributed by atoms with Crippen molar-refractivity contribution in [2.45, 2.75) is 65.5 Å².